The van der Waals surface area contributed by atoms with Gasteiger partial charge in [0.05, 0.1) is 0 Å². The van der Waals surface area contributed by atoms with E-state index in [1.165, 1.54) is 0 Å². The van der Waals surface area contributed by atoms with Gasteiger partial charge in [-0.1, -0.05) is 0 Å². The molecule has 0 unspecified atom stereocenters. The maximum Gasteiger partial charge on any atom is 3.00 e. The molecule has 0 fully saturated rings. The van der Waals surface area contributed by atoms with Gasteiger partial charge in [0.25, 0.3) is 0 Å². The first-order valence-electron chi connectivity index (χ1n) is 0. The fraction of sp³-hybridized carbons (Fsp3) is 0. The van der Waals surface area contributed by atoms with Gasteiger partial charge in [-0.25, -0.2) is 0 Å². The Morgan fingerprint density at radius 3 is 0.231 bits per heavy atom. The second-order valence-corrected chi connectivity index (χ2v) is 0. The molecule has 0 nitrogen and oxygen atoms in total. The third-order valence-electron chi connectivity index (χ3n) is 0. The Hall–Kier alpha value is 5.59. The maximum atomic E-state index is 0. The zero-order chi connectivity index (χ0) is 0. The van der Waals surface area contributed by atoms with Crippen molar-refractivity contribution in [1.29, 1.82) is 0 Å². The molecule has 0 bridgehead atoms. The zero-order valence-electron chi connectivity index (χ0n) is 5.31. The molecule has 0 saturated heterocycles. The predicted octanol–water partition coefficient (Wildman–Crippen LogP) is -0.0316. The van der Waals surface area contributed by atoms with Crippen LogP contribution in [0.1, 0.15) is 0 Å². The molecular weight excluding hydrogens is 584 g/mol. The first-order chi connectivity index (χ1) is 0. The summed E-state index contributed by atoms with van der Waals surface area (Å²) in [5.74, 6) is 0. The van der Waals surface area contributed by atoms with Gasteiger partial charge in [-0.05, 0) is 0 Å². The van der Waals surface area contributed by atoms with Crippen molar-refractivity contribution in [2.75, 3.05) is 0 Å². The van der Waals surface area contributed by atoms with E-state index in [2.05, 4.69) is 0 Å². The summed E-state index contributed by atoms with van der Waals surface area (Å²) in [6.07, 6.45) is 0. The Morgan fingerprint density at radius 1 is 0.231 bits per heavy atom. The van der Waals surface area contributed by atoms with E-state index in [9.17, 15) is 0 Å². The van der Waals surface area contributed by atoms with Crippen LogP contribution >= 0.6 is 0 Å². The summed E-state index contributed by atoms with van der Waals surface area (Å²) >= 11 is 0. The van der Waals surface area contributed by atoms with Gasteiger partial charge in [0.15, 0.2) is 0 Å². The molecule has 0 aromatic carbocycles. The fourth-order valence-corrected chi connectivity index (χ4v) is 0. The van der Waals surface area contributed by atoms with Gasteiger partial charge in [-0.15, -0.1) is 0 Å². The minimum absolute atomic E-state index is 0. The largest absolute Gasteiger partial charge is 3.00 e. The summed E-state index contributed by atoms with van der Waals surface area (Å²) in [6.45, 7) is 0. The van der Waals surface area contributed by atoms with Crippen LogP contribution in [0.2, 0.25) is 0 Å². The van der Waals surface area contributed by atoms with Crippen LogP contribution in [-0.2, 0) is 198 Å². The standard InChI is InChI=1S/2Cr.2Mo.9S/q2*+3;;;9*-2. The molecule has 0 N–H and O–H groups in total. The molecule has 0 aromatic heterocycles. The molecule has 0 aliphatic heterocycles. The first kappa shape index (κ1) is 184. The van der Waals surface area contributed by atoms with Crippen LogP contribution in [0.5, 0.6) is 0 Å². The minimum atomic E-state index is 0. The van der Waals surface area contributed by atoms with Gasteiger partial charge in [0.2, 0.25) is 0 Å². The van der Waals surface area contributed by atoms with Crippen molar-refractivity contribution in [3.63, 3.8) is 0 Å². The molecule has 0 amide bonds. The maximum absolute atomic E-state index is 0. The van der Waals surface area contributed by atoms with E-state index in [0.29, 0.717) is 0 Å². The zero-order valence-corrected chi connectivity index (χ0v) is 19.2. The molecule has 0 aliphatic rings. The van der Waals surface area contributed by atoms with Crippen LogP contribution in [-0.4, -0.2) is 0 Å². The smallest absolute Gasteiger partial charge is 2.00 e. The first-order valence-corrected chi connectivity index (χ1v) is 0. The molecule has 90 valence electrons. The van der Waals surface area contributed by atoms with Crippen molar-refractivity contribution in [1.82, 2.24) is 0 Å². The van der Waals surface area contributed by atoms with Crippen molar-refractivity contribution >= 4 is 121 Å². The van der Waals surface area contributed by atoms with Crippen molar-refractivity contribution in [3.05, 3.63) is 0 Å². The molecule has 13 heteroatoms. The molecule has 0 aromatic rings. The van der Waals surface area contributed by atoms with Crippen LogP contribution in [0.4, 0.5) is 0 Å². The normalized spacial score (nSPS) is 0. The van der Waals surface area contributed by atoms with Crippen molar-refractivity contribution in [3.8, 4) is 0 Å². The third-order valence-corrected chi connectivity index (χ3v) is 0. The Labute approximate surface area is 195 Å². The molecule has 0 heterocycles. The SMILES string of the molecule is [Cr+3].[Cr+3].[Mo].[Mo].[S-2].[S-2].[S-2].[S-2].[S-2].[S-2].[S-2].[S-2].[S-2]. The summed E-state index contributed by atoms with van der Waals surface area (Å²) in [5, 5.41) is 0. The van der Waals surface area contributed by atoms with Crippen LogP contribution in [0.25, 0.3) is 0 Å². The Bertz CT molecular complexity index is 15.6. The Morgan fingerprint density at radius 2 is 0.231 bits per heavy atom. The number of hydrogen-bond donors (Lipinski definition) is 0. The van der Waals surface area contributed by atoms with Crippen molar-refractivity contribution in [2.24, 2.45) is 0 Å². The van der Waals surface area contributed by atoms with E-state index in [4.69, 9.17) is 0 Å². The van der Waals surface area contributed by atoms with Crippen LogP contribution < -0.4 is 0 Å². The average Bonchev–Trinajstić information content (AvgIpc) is 0. The van der Waals surface area contributed by atoms with Crippen molar-refractivity contribution in [2.45, 2.75) is 0 Å². The average molecular weight is 584 g/mol. The monoisotopic (exact) mass is 587 g/mol. The Balaban J connectivity index is 0. The minimum Gasteiger partial charge on any atom is -2.00 e. The molecule has 0 aliphatic carbocycles. The van der Waals surface area contributed by atoms with Gasteiger partial charge in [0, 0.05) is 42.1 Å². The number of hydrogen-bond acceptors (Lipinski definition) is 0. The molecule has 0 rings (SSSR count). The van der Waals surface area contributed by atoms with Crippen molar-refractivity contribution < 1.29 is 76.9 Å². The molecular formula is Cr2Mo2S9-12. The summed E-state index contributed by atoms with van der Waals surface area (Å²) in [5.41, 5.74) is 0. The van der Waals surface area contributed by atoms with Gasteiger partial charge in [-0.2, -0.15) is 0 Å². The van der Waals surface area contributed by atoms with E-state index in [1.54, 1.807) is 0 Å². The second-order valence-electron chi connectivity index (χ2n) is 0. The quantitative estimate of drug-likeness (QED) is 0.351. The van der Waals surface area contributed by atoms with Crippen LogP contribution in [0.3, 0.4) is 0 Å². The molecule has 13 heavy (non-hydrogen) atoms. The van der Waals surface area contributed by atoms with Crippen LogP contribution in [0, 0.1) is 0 Å². The molecule has 2 radical (unpaired) electrons. The fourth-order valence-electron chi connectivity index (χ4n) is 0. The van der Waals surface area contributed by atoms with Gasteiger partial charge in [-0.3, -0.25) is 0 Å². The van der Waals surface area contributed by atoms with Crippen LogP contribution in [0.15, 0.2) is 0 Å². The van der Waals surface area contributed by atoms with E-state index in [-0.39, 0.29) is 198 Å². The van der Waals surface area contributed by atoms with E-state index in [1.807, 2.05) is 0 Å². The summed E-state index contributed by atoms with van der Waals surface area (Å²) in [7, 11) is 0. The topological polar surface area (TPSA) is 0 Å². The summed E-state index contributed by atoms with van der Waals surface area (Å²) < 4.78 is 0. The van der Waals surface area contributed by atoms with Gasteiger partial charge < -0.3 is 121 Å². The molecule has 0 atom stereocenters. The molecule has 0 saturated carbocycles. The van der Waals surface area contributed by atoms with Gasteiger partial charge >= 0.3 is 34.7 Å². The van der Waals surface area contributed by atoms with E-state index >= 15 is 0 Å². The van der Waals surface area contributed by atoms with E-state index in [0.717, 1.165) is 0 Å². The number of rotatable bonds is 0. The summed E-state index contributed by atoms with van der Waals surface area (Å²) in [6, 6.07) is 0. The summed E-state index contributed by atoms with van der Waals surface area (Å²) in [4.78, 5) is 0. The van der Waals surface area contributed by atoms with Gasteiger partial charge in [0.1, 0.15) is 0 Å². The third kappa shape index (κ3) is 137. The Kier molecular flexibility index (Phi) is 2190. The molecule has 0 spiro atoms. The second kappa shape index (κ2) is 155. The predicted molar refractivity (Wildman–Crippen MR) is 66.3 cm³/mol. The van der Waals surface area contributed by atoms with E-state index < -0.39 is 0 Å².